The van der Waals surface area contributed by atoms with Gasteiger partial charge in [-0.15, -0.1) is 0 Å². The highest BCUT2D eigenvalue weighted by molar-refractivity contribution is 6.23. The fourth-order valence-electron chi connectivity index (χ4n) is 10.9. The predicted molar refractivity (Wildman–Crippen MR) is 193 cm³/mol. The first-order valence-electron chi connectivity index (χ1n) is 20.1. The van der Waals surface area contributed by atoms with Crippen LogP contribution in [0.5, 0.6) is 0 Å². The third-order valence-corrected chi connectivity index (χ3v) is 13.6. The molecule has 0 aromatic heterocycles. The van der Waals surface area contributed by atoms with Crippen molar-refractivity contribution in [1.82, 2.24) is 10.6 Å². The van der Waals surface area contributed by atoms with E-state index in [0.717, 1.165) is 95.4 Å². The van der Waals surface area contributed by atoms with E-state index in [1.165, 1.54) is 5.57 Å². The third kappa shape index (κ3) is 6.65. The second kappa shape index (κ2) is 14.9. The molecule has 280 valence electrons. The average Bonchev–Trinajstić information content (AvgIpc) is 3.89. The molecule has 0 amide bonds. The van der Waals surface area contributed by atoms with E-state index in [9.17, 15) is 14.4 Å². The highest BCUT2D eigenvalue weighted by Gasteiger charge is 2.87. The number of guanidine groups is 1. The van der Waals surface area contributed by atoms with Gasteiger partial charge in [0, 0.05) is 49.4 Å². The van der Waals surface area contributed by atoms with Crippen LogP contribution in [0.1, 0.15) is 97.3 Å². The molecule has 0 radical (unpaired) electrons. The molecule has 0 aromatic rings. The summed E-state index contributed by atoms with van der Waals surface area (Å²) in [7, 11) is 1.93. The zero-order chi connectivity index (χ0) is 35.8. The number of quaternary nitrogens is 2. The van der Waals surface area contributed by atoms with Gasteiger partial charge in [-0.1, -0.05) is 36.6 Å². The van der Waals surface area contributed by atoms with Gasteiger partial charge < -0.3 is 20.1 Å². The van der Waals surface area contributed by atoms with Crippen LogP contribution in [0.2, 0.25) is 0 Å². The highest BCUT2D eigenvalue weighted by Crippen LogP contribution is 2.61. The van der Waals surface area contributed by atoms with Crippen molar-refractivity contribution in [2.75, 3.05) is 33.3 Å². The van der Waals surface area contributed by atoms with Crippen molar-refractivity contribution in [2.45, 2.75) is 126 Å². The molecule has 3 aliphatic heterocycles. The fraction of sp³-hybridized carbons (Fsp3) is 0.750. The molecular weight excluding hydrogens is 644 g/mol. The number of epoxide rings is 1. The van der Waals surface area contributed by atoms with Crippen molar-refractivity contribution >= 4 is 23.5 Å². The first kappa shape index (κ1) is 36.5. The maximum absolute atomic E-state index is 14.5. The van der Waals surface area contributed by atoms with Gasteiger partial charge in [-0.2, -0.15) is 0 Å². The summed E-state index contributed by atoms with van der Waals surface area (Å²) in [5.41, 5.74) is 5.44. The van der Waals surface area contributed by atoms with Gasteiger partial charge in [-0.05, 0) is 76.4 Å². The lowest BCUT2D eigenvalue weighted by molar-refractivity contribution is -0.699. The number of ether oxygens (including phenoxy) is 2. The van der Waals surface area contributed by atoms with E-state index in [0.29, 0.717) is 24.7 Å². The molecule has 5 fully saturated rings. The molecule has 4 unspecified atom stereocenters. The Morgan fingerprint density at radius 2 is 1.96 bits per heavy atom. The number of likely N-dealkylation sites (N-methyl/N-ethyl adjacent to an activating group) is 1. The summed E-state index contributed by atoms with van der Waals surface area (Å²) in [6.07, 6.45) is 20.2. The Morgan fingerprint density at radius 3 is 2.73 bits per heavy atom. The lowest BCUT2D eigenvalue weighted by Gasteiger charge is -2.41. The molecule has 9 N–H and O–H groups in total. The molecule has 3 heterocycles. The minimum absolute atomic E-state index is 0.0713. The molecular formula is C40H63N6O5+3. The lowest BCUT2D eigenvalue weighted by atomic mass is 9.61. The molecule has 2 saturated carbocycles. The van der Waals surface area contributed by atoms with Gasteiger partial charge in [0.25, 0.3) is 5.60 Å². The van der Waals surface area contributed by atoms with E-state index in [2.05, 4.69) is 64.4 Å². The van der Waals surface area contributed by atoms with Crippen molar-refractivity contribution in [3.63, 3.8) is 0 Å². The Bertz CT molecular complexity index is 1490. The van der Waals surface area contributed by atoms with E-state index < -0.39 is 23.1 Å². The van der Waals surface area contributed by atoms with Crippen LogP contribution in [0, 0.1) is 29.6 Å². The highest BCUT2D eigenvalue weighted by atomic mass is 16.7. The van der Waals surface area contributed by atoms with E-state index >= 15 is 0 Å². The number of hydrogen-bond acceptors (Lipinski definition) is 6. The van der Waals surface area contributed by atoms with Crippen LogP contribution in [0.25, 0.3) is 0 Å². The second-order valence-electron chi connectivity index (χ2n) is 16.8. The first-order valence-corrected chi connectivity index (χ1v) is 20.1. The van der Waals surface area contributed by atoms with E-state index in [4.69, 9.17) is 15.2 Å². The smallest absolute Gasteiger partial charge is 0.350 e. The quantitative estimate of drug-likeness (QED) is 0.0773. The molecule has 7 rings (SSSR count). The summed E-state index contributed by atoms with van der Waals surface area (Å²) in [5.74, 6) is 0.0956. The minimum atomic E-state index is -1.84. The number of Topliss-reactive ketones (excluding diaryl/α,β-unsaturated/α-hetero) is 2. The summed E-state index contributed by atoms with van der Waals surface area (Å²) in [6.45, 7) is 7.29. The van der Waals surface area contributed by atoms with Gasteiger partial charge in [-0.3, -0.25) is 30.9 Å². The lowest BCUT2D eigenvalue weighted by Crippen LogP contribution is -2.95. The molecule has 11 heteroatoms. The van der Waals surface area contributed by atoms with Crippen molar-refractivity contribution in [1.29, 1.82) is 0 Å². The van der Waals surface area contributed by atoms with E-state index in [1.807, 2.05) is 7.05 Å². The van der Waals surface area contributed by atoms with Gasteiger partial charge >= 0.3 is 11.9 Å². The van der Waals surface area contributed by atoms with Gasteiger partial charge in [0.1, 0.15) is 18.8 Å². The molecule has 4 aliphatic carbocycles. The zero-order valence-corrected chi connectivity index (χ0v) is 31.1. The summed E-state index contributed by atoms with van der Waals surface area (Å²) in [6, 6.07) is 0.202. The number of carbonyl (C=O) groups excluding carboxylic acids is 3. The number of esters is 1. The SMILES string of the molecule is CC[NH2+][C@H]1C=C2C=CCC[C@H]2C[C@H]1COC(=O)[C@]12O[C@@]1(CC=C(C)C[C@@]1(C3CC[NH2+]C(N)C3)CCCNC(=[NH+]C)N1)C(=O)C1CCCCC1C2=O. The monoisotopic (exact) mass is 707 g/mol. The van der Waals surface area contributed by atoms with Crippen molar-refractivity contribution in [3.05, 3.63) is 35.5 Å². The zero-order valence-electron chi connectivity index (χ0n) is 31.1. The van der Waals surface area contributed by atoms with E-state index in [1.54, 1.807) is 0 Å². The summed E-state index contributed by atoms with van der Waals surface area (Å²) in [5, 5.41) is 11.9. The van der Waals surface area contributed by atoms with Gasteiger partial charge in [0.2, 0.25) is 0 Å². The number of ketones is 2. The number of rotatable bonds is 10. The number of hydrogen-bond donors (Lipinski definition) is 6. The molecule has 0 spiro atoms. The topological polar surface area (TPSA) is 170 Å². The second-order valence-corrected chi connectivity index (χ2v) is 16.8. The number of fused-ring (bicyclic) bond motifs is 3. The fourth-order valence-corrected chi connectivity index (χ4v) is 10.9. The van der Waals surface area contributed by atoms with Crippen LogP contribution >= 0.6 is 0 Å². The number of piperidine rings is 1. The van der Waals surface area contributed by atoms with Crippen molar-refractivity contribution in [3.8, 4) is 0 Å². The van der Waals surface area contributed by atoms with Gasteiger partial charge in [0.05, 0.1) is 32.2 Å². The van der Waals surface area contributed by atoms with Crippen LogP contribution in [0.4, 0.5) is 0 Å². The van der Waals surface area contributed by atoms with Crippen LogP contribution in [-0.2, 0) is 23.9 Å². The largest absolute Gasteiger partial charge is 0.463 e. The predicted octanol–water partition coefficient (Wildman–Crippen LogP) is -0.377. The van der Waals surface area contributed by atoms with Crippen LogP contribution in [0.3, 0.4) is 0 Å². The third-order valence-electron chi connectivity index (χ3n) is 13.6. The molecule has 7 aliphatic rings. The molecule has 51 heavy (non-hydrogen) atoms. The Balaban J connectivity index is 1.13. The van der Waals surface area contributed by atoms with Crippen LogP contribution < -0.4 is 32.0 Å². The van der Waals surface area contributed by atoms with Gasteiger partial charge in [-0.25, -0.2) is 4.79 Å². The first-order chi connectivity index (χ1) is 24.7. The maximum Gasteiger partial charge on any atom is 0.350 e. The molecule has 0 aromatic carbocycles. The van der Waals surface area contributed by atoms with Crippen LogP contribution in [0.15, 0.2) is 35.5 Å². The molecule has 0 bridgehead atoms. The van der Waals surface area contributed by atoms with Crippen molar-refractivity contribution in [2.24, 2.45) is 35.3 Å². The number of nitrogens with one attached hydrogen (secondary N) is 3. The van der Waals surface area contributed by atoms with Crippen molar-refractivity contribution < 1.29 is 39.5 Å². The van der Waals surface area contributed by atoms with Crippen LogP contribution in [-0.4, -0.2) is 85.7 Å². The maximum atomic E-state index is 14.5. The molecule has 10 atom stereocenters. The number of nitrogens with two attached hydrogens (primary N) is 3. The summed E-state index contributed by atoms with van der Waals surface area (Å²) < 4.78 is 12.5. The van der Waals surface area contributed by atoms with Gasteiger partial charge in [0.15, 0.2) is 17.2 Å². The normalized spacial score (nSPS) is 41.6. The standard InChI is InChI=1S/C40H60N6O5/c1-4-43-32-21-27-11-6-5-10-26(27)20-28(32)24-50-36(49)40-35(48)31-13-8-7-12-30(31)34(47)39(40,51-40)17-14-25(2)23-38(29-15-19-44-33(41)22-29)16-9-18-45-37(42-3)46-38/h6,11,14,21,26,28-33,43-44H,4-5,7-10,12-13,15-20,22-24,41H2,1-3H3,(H2,42,45,46)/p+3/t26-,28-,29?,30?,31?,32-,33?,38+,39-,40-/m0/s1. The number of carbonyl (C=O) groups is 3. The Hall–Kier alpha value is -2.86. The summed E-state index contributed by atoms with van der Waals surface area (Å²) >= 11 is 0. The Labute approximate surface area is 303 Å². The molecule has 11 nitrogen and oxygen atoms in total. The van der Waals surface area contributed by atoms with E-state index in [-0.39, 0.29) is 54.2 Å². The summed E-state index contributed by atoms with van der Waals surface area (Å²) in [4.78, 5) is 46.5. The average molecular weight is 708 g/mol. The molecule has 3 saturated heterocycles. The Kier molecular flexibility index (Phi) is 10.6. The Morgan fingerprint density at radius 1 is 1.16 bits per heavy atom. The minimum Gasteiger partial charge on any atom is -0.463 e. The number of allylic oxidation sites excluding steroid dienone is 3.